The number of carbonyl (C=O) groups is 1. The van der Waals surface area contributed by atoms with Crippen LogP contribution in [0.2, 0.25) is 0 Å². The molecule has 0 aliphatic carbocycles. The third-order valence-corrected chi connectivity index (χ3v) is 3.79. The smallest absolute Gasteiger partial charge is 0.315 e. The maximum atomic E-state index is 11.7. The molecule has 1 rings (SSSR count). The average Bonchev–Trinajstić information content (AvgIpc) is 2.59. The second-order valence-electron chi connectivity index (χ2n) is 5.92. The number of hydrogen-bond donors (Lipinski definition) is 1. The van der Waals surface area contributed by atoms with Gasteiger partial charge in [-0.3, -0.25) is 4.79 Å². The van der Waals surface area contributed by atoms with E-state index in [2.05, 4.69) is 6.92 Å². The van der Waals surface area contributed by atoms with Gasteiger partial charge in [0.2, 0.25) is 0 Å². The molecule has 0 aliphatic heterocycles. The number of benzene rings is 1. The quantitative estimate of drug-likeness (QED) is 0.261. The summed E-state index contributed by atoms with van der Waals surface area (Å²) in [7, 11) is 1.59. The minimum absolute atomic E-state index is 0.204. The van der Waals surface area contributed by atoms with E-state index >= 15 is 0 Å². The molecule has 0 saturated heterocycles. The van der Waals surface area contributed by atoms with Crippen molar-refractivity contribution in [3.05, 3.63) is 36.4 Å². The van der Waals surface area contributed by atoms with Crippen LogP contribution in [0.5, 0.6) is 11.5 Å². The fourth-order valence-corrected chi connectivity index (χ4v) is 2.35. The fraction of sp³-hybridized carbons (Fsp3) is 0.550. The average molecular weight is 334 g/mol. The Hall–Kier alpha value is -1.81. The van der Waals surface area contributed by atoms with Crippen LogP contribution >= 0.6 is 0 Å². The lowest BCUT2D eigenvalue weighted by Gasteiger charge is -2.07. The van der Waals surface area contributed by atoms with E-state index in [9.17, 15) is 9.90 Å². The number of esters is 1. The number of carbonyl (C=O) groups excluding carboxylic acids is 1. The number of hydrogen-bond acceptors (Lipinski definition) is 4. The van der Waals surface area contributed by atoms with Crippen molar-refractivity contribution in [1.29, 1.82) is 0 Å². The number of methoxy groups -OCH3 is 1. The number of aliphatic hydroxyl groups excluding tert-OH is 1. The molecule has 0 heterocycles. The van der Waals surface area contributed by atoms with E-state index in [4.69, 9.17) is 9.47 Å². The van der Waals surface area contributed by atoms with Crippen LogP contribution in [0.25, 0.3) is 0 Å². The molecule has 1 aromatic rings. The van der Waals surface area contributed by atoms with Gasteiger partial charge in [0.1, 0.15) is 11.5 Å². The van der Waals surface area contributed by atoms with Crippen molar-refractivity contribution in [2.75, 3.05) is 7.11 Å². The van der Waals surface area contributed by atoms with Gasteiger partial charge < -0.3 is 14.6 Å². The zero-order chi connectivity index (χ0) is 17.6. The molecule has 0 spiro atoms. The Balaban J connectivity index is 2.15. The zero-order valence-electron chi connectivity index (χ0n) is 14.9. The van der Waals surface area contributed by atoms with Crippen molar-refractivity contribution in [3.8, 4) is 11.5 Å². The summed E-state index contributed by atoms with van der Waals surface area (Å²) in [6.07, 6.45) is 10.9. The molecule has 0 amide bonds. The molecule has 1 atom stereocenters. The van der Waals surface area contributed by atoms with Crippen molar-refractivity contribution >= 4 is 5.97 Å². The van der Waals surface area contributed by atoms with E-state index in [1.807, 2.05) is 6.08 Å². The zero-order valence-corrected chi connectivity index (χ0v) is 14.9. The van der Waals surface area contributed by atoms with Gasteiger partial charge in [-0.15, -0.1) is 0 Å². The number of aliphatic hydroxyl groups is 1. The van der Waals surface area contributed by atoms with Gasteiger partial charge in [0.15, 0.2) is 0 Å². The van der Waals surface area contributed by atoms with Crippen molar-refractivity contribution in [3.63, 3.8) is 0 Å². The molecule has 0 aromatic heterocycles. The van der Waals surface area contributed by atoms with Crippen molar-refractivity contribution in [1.82, 2.24) is 0 Å². The predicted molar refractivity (Wildman–Crippen MR) is 96.4 cm³/mol. The largest absolute Gasteiger partial charge is 0.497 e. The highest BCUT2D eigenvalue weighted by molar-refractivity contribution is 5.73. The highest BCUT2D eigenvalue weighted by Gasteiger charge is 2.04. The Labute approximate surface area is 145 Å². The second kappa shape index (κ2) is 12.6. The monoisotopic (exact) mass is 334 g/mol. The van der Waals surface area contributed by atoms with Gasteiger partial charge in [0, 0.05) is 0 Å². The summed E-state index contributed by atoms with van der Waals surface area (Å²) >= 11 is 0. The SMILES string of the molecule is CCCCCCC[C@H](O)C/C=C/CC(=O)Oc1ccc(OC)cc1. The Morgan fingerprint density at radius 1 is 1.08 bits per heavy atom. The second-order valence-corrected chi connectivity index (χ2v) is 5.92. The van der Waals surface area contributed by atoms with Crippen molar-refractivity contribution < 1.29 is 19.4 Å². The standard InChI is InChI=1S/C20H30O4/c1-3-4-5-6-7-10-17(21)11-8-9-12-20(22)24-19-15-13-18(23-2)14-16-19/h8-9,13-17,21H,3-7,10-12H2,1-2H3/b9-8+/t17-/m0/s1. The Morgan fingerprint density at radius 2 is 1.75 bits per heavy atom. The van der Waals surface area contributed by atoms with Crippen molar-refractivity contribution in [2.24, 2.45) is 0 Å². The third kappa shape index (κ3) is 9.36. The highest BCUT2D eigenvalue weighted by Crippen LogP contribution is 2.17. The summed E-state index contributed by atoms with van der Waals surface area (Å²) < 4.78 is 10.3. The molecule has 4 nitrogen and oxygen atoms in total. The summed E-state index contributed by atoms with van der Waals surface area (Å²) in [6.45, 7) is 2.19. The lowest BCUT2D eigenvalue weighted by atomic mass is 10.1. The van der Waals surface area contributed by atoms with Gasteiger partial charge in [-0.05, 0) is 37.1 Å². The predicted octanol–water partition coefficient (Wildman–Crippen LogP) is 4.66. The summed E-state index contributed by atoms with van der Waals surface area (Å²) in [5.41, 5.74) is 0. The summed E-state index contributed by atoms with van der Waals surface area (Å²) in [6, 6.07) is 6.89. The highest BCUT2D eigenvalue weighted by atomic mass is 16.5. The van der Waals surface area contributed by atoms with Crippen LogP contribution in [-0.2, 0) is 4.79 Å². The molecule has 24 heavy (non-hydrogen) atoms. The Kier molecular flexibility index (Phi) is 10.6. The third-order valence-electron chi connectivity index (χ3n) is 3.79. The van der Waals surface area contributed by atoms with E-state index in [1.54, 1.807) is 37.5 Å². The Bertz CT molecular complexity index is 479. The number of ether oxygens (including phenoxy) is 2. The van der Waals surface area contributed by atoms with Gasteiger partial charge in [-0.25, -0.2) is 0 Å². The summed E-state index contributed by atoms with van der Waals surface area (Å²) in [5.74, 6) is 0.908. The first-order chi connectivity index (χ1) is 11.7. The van der Waals surface area contributed by atoms with Crippen molar-refractivity contribution in [2.45, 2.75) is 64.4 Å². The summed E-state index contributed by atoms with van der Waals surface area (Å²) in [4.78, 5) is 11.7. The molecule has 1 aromatic carbocycles. The van der Waals surface area contributed by atoms with Crippen LogP contribution in [0.1, 0.15) is 58.3 Å². The minimum Gasteiger partial charge on any atom is -0.497 e. The fourth-order valence-electron chi connectivity index (χ4n) is 2.35. The molecule has 0 aliphatic rings. The van der Waals surface area contributed by atoms with Crippen LogP contribution in [0.15, 0.2) is 36.4 Å². The van der Waals surface area contributed by atoms with Crippen LogP contribution in [-0.4, -0.2) is 24.3 Å². The van der Waals surface area contributed by atoms with Crippen LogP contribution in [0.3, 0.4) is 0 Å². The first-order valence-corrected chi connectivity index (χ1v) is 8.83. The van der Waals surface area contributed by atoms with Gasteiger partial charge in [-0.1, -0.05) is 51.2 Å². The lowest BCUT2D eigenvalue weighted by Crippen LogP contribution is -2.07. The molecule has 4 heteroatoms. The van der Waals surface area contributed by atoms with Crippen LogP contribution in [0.4, 0.5) is 0 Å². The molecule has 0 unspecified atom stereocenters. The van der Waals surface area contributed by atoms with E-state index in [1.165, 1.54) is 25.7 Å². The van der Waals surface area contributed by atoms with E-state index in [0.717, 1.165) is 18.6 Å². The first kappa shape index (κ1) is 20.2. The van der Waals surface area contributed by atoms with E-state index in [-0.39, 0.29) is 18.5 Å². The minimum atomic E-state index is -0.319. The van der Waals surface area contributed by atoms with E-state index in [0.29, 0.717) is 12.2 Å². The Morgan fingerprint density at radius 3 is 2.42 bits per heavy atom. The van der Waals surface area contributed by atoms with Gasteiger partial charge in [-0.2, -0.15) is 0 Å². The molecular formula is C20H30O4. The first-order valence-electron chi connectivity index (χ1n) is 8.83. The number of rotatable bonds is 12. The molecule has 0 saturated carbocycles. The van der Waals surface area contributed by atoms with Gasteiger partial charge in [0.05, 0.1) is 19.6 Å². The van der Waals surface area contributed by atoms with Crippen LogP contribution in [0, 0.1) is 0 Å². The lowest BCUT2D eigenvalue weighted by molar-refractivity contribution is -0.133. The van der Waals surface area contributed by atoms with Gasteiger partial charge in [0.25, 0.3) is 0 Å². The molecule has 134 valence electrons. The van der Waals surface area contributed by atoms with E-state index < -0.39 is 0 Å². The molecular weight excluding hydrogens is 304 g/mol. The van der Waals surface area contributed by atoms with Gasteiger partial charge >= 0.3 is 5.97 Å². The molecule has 0 radical (unpaired) electrons. The topological polar surface area (TPSA) is 55.8 Å². The normalized spacial score (nSPS) is 12.3. The molecule has 0 fully saturated rings. The maximum absolute atomic E-state index is 11.7. The molecule has 0 bridgehead atoms. The number of unbranched alkanes of at least 4 members (excludes halogenated alkanes) is 4. The van der Waals surface area contributed by atoms with Crippen LogP contribution < -0.4 is 9.47 Å². The molecule has 1 N–H and O–H groups in total. The summed E-state index contributed by atoms with van der Waals surface area (Å²) in [5, 5.41) is 9.88. The maximum Gasteiger partial charge on any atom is 0.315 e.